The monoisotopic (exact) mass is 298 g/mol. The van der Waals surface area contributed by atoms with E-state index in [0.717, 1.165) is 26.2 Å². The van der Waals surface area contributed by atoms with Crippen molar-refractivity contribution in [1.29, 1.82) is 0 Å². The SMILES string of the molecule is Cl.c1ccc(CN2CCn3c(cc4ccccc43)C2)cc1. The zero-order valence-corrected chi connectivity index (χ0v) is 12.7. The molecule has 0 N–H and O–H groups in total. The summed E-state index contributed by atoms with van der Waals surface area (Å²) in [6, 6.07) is 21.8. The zero-order chi connectivity index (χ0) is 13.4. The second-order valence-corrected chi connectivity index (χ2v) is 5.54. The Labute approximate surface area is 131 Å². The van der Waals surface area contributed by atoms with Crippen molar-refractivity contribution in [2.75, 3.05) is 6.54 Å². The van der Waals surface area contributed by atoms with E-state index in [9.17, 15) is 0 Å². The van der Waals surface area contributed by atoms with Crippen molar-refractivity contribution >= 4 is 23.3 Å². The number of halogens is 1. The molecule has 1 aliphatic heterocycles. The third-order valence-corrected chi connectivity index (χ3v) is 4.17. The highest BCUT2D eigenvalue weighted by atomic mass is 35.5. The predicted molar refractivity (Wildman–Crippen MR) is 89.7 cm³/mol. The Morgan fingerprint density at radius 2 is 1.62 bits per heavy atom. The van der Waals surface area contributed by atoms with Crippen LogP contribution in [0.25, 0.3) is 10.9 Å². The molecule has 0 bridgehead atoms. The Morgan fingerprint density at radius 1 is 0.857 bits per heavy atom. The van der Waals surface area contributed by atoms with Crippen molar-refractivity contribution in [1.82, 2.24) is 9.47 Å². The van der Waals surface area contributed by atoms with Gasteiger partial charge in [0.05, 0.1) is 0 Å². The molecule has 2 aromatic carbocycles. The van der Waals surface area contributed by atoms with Gasteiger partial charge in [-0.05, 0) is 23.1 Å². The van der Waals surface area contributed by atoms with Crippen LogP contribution in [0, 0.1) is 0 Å². The van der Waals surface area contributed by atoms with E-state index in [1.807, 2.05) is 0 Å². The Kier molecular flexibility index (Phi) is 4.00. The molecule has 3 heteroatoms. The zero-order valence-electron chi connectivity index (χ0n) is 11.9. The van der Waals surface area contributed by atoms with Crippen LogP contribution in [0.3, 0.4) is 0 Å². The van der Waals surface area contributed by atoms with E-state index in [1.54, 1.807) is 0 Å². The summed E-state index contributed by atoms with van der Waals surface area (Å²) in [4.78, 5) is 2.53. The summed E-state index contributed by atoms with van der Waals surface area (Å²) in [7, 11) is 0. The summed E-state index contributed by atoms with van der Waals surface area (Å²) in [6.45, 7) is 4.31. The number of hydrogen-bond acceptors (Lipinski definition) is 1. The van der Waals surface area contributed by atoms with Gasteiger partial charge in [0, 0.05) is 37.4 Å². The molecule has 1 aromatic heterocycles. The topological polar surface area (TPSA) is 8.17 Å². The van der Waals surface area contributed by atoms with E-state index >= 15 is 0 Å². The quantitative estimate of drug-likeness (QED) is 0.692. The van der Waals surface area contributed by atoms with Crippen LogP contribution in [0.5, 0.6) is 0 Å². The van der Waals surface area contributed by atoms with Crippen molar-refractivity contribution < 1.29 is 0 Å². The summed E-state index contributed by atoms with van der Waals surface area (Å²) in [5.74, 6) is 0. The Balaban J connectivity index is 0.00000132. The van der Waals surface area contributed by atoms with Gasteiger partial charge in [0.15, 0.2) is 0 Å². The molecule has 0 unspecified atom stereocenters. The molecule has 0 saturated carbocycles. The first-order valence-electron chi connectivity index (χ1n) is 7.23. The van der Waals surface area contributed by atoms with E-state index in [0.29, 0.717) is 0 Å². The van der Waals surface area contributed by atoms with Gasteiger partial charge >= 0.3 is 0 Å². The van der Waals surface area contributed by atoms with E-state index < -0.39 is 0 Å². The van der Waals surface area contributed by atoms with Gasteiger partial charge in [-0.15, -0.1) is 12.4 Å². The van der Waals surface area contributed by atoms with Crippen LogP contribution in [0.2, 0.25) is 0 Å². The molecule has 108 valence electrons. The van der Waals surface area contributed by atoms with Crippen molar-refractivity contribution in [3.8, 4) is 0 Å². The van der Waals surface area contributed by atoms with Gasteiger partial charge in [0.1, 0.15) is 0 Å². The van der Waals surface area contributed by atoms with Crippen LogP contribution < -0.4 is 0 Å². The summed E-state index contributed by atoms with van der Waals surface area (Å²) in [5, 5.41) is 1.36. The number of nitrogens with zero attached hydrogens (tertiary/aromatic N) is 2. The van der Waals surface area contributed by atoms with Crippen LogP contribution in [0.1, 0.15) is 11.3 Å². The highest BCUT2D eigenvalue weighted by molar-refractivity contribution is 5.85. The fourth-order valence-corrected chi connectivity index (χ4v) is 3.19. The summed E-state index contributed by atoms with van der Waals surface area (Å²) < 4.78 is 2.47. The van der Waals surface area contributed by atoms with Gasteiger partial charge in [0.2, 0.25) is 0 Å². The van der Waals surface area contributed by atoms with Gasteiger partial charge in [-0.2, -0.15) is 0 Å². The number of benzene rings is 2. The fraction of sp³-hybridized carbons (Fsp3) is 0.222. The second-order valence-electron chi connectivity index (χ2n) is 5.54. The summed E-state index contributed by atoms with van der Waals surface area (Å²) in [6.07, 6.45) is 0. The largest absolute Gasteiger partial charge is 0.342 e. The summed E-state index contributed by atoms with van der Waals surface area (Å²) in [5.41, 5.74) is 4.22. The number of fused-ring (bicyclic) bond motifs is 3. The average molecular weight is 299 g/mol. The molecular formula is C18H19ClN2. The Hall–Kier alpha value is -1.77. The molecule has 3 aromatic rings. The Bertz CT molecular complexity index is 733. The highest BCUT2D eigenvalue weighted by Gasteiger charge is 2.18. The van der Waals surface area contributed by atoms with E-state index in [2.05, 4.69) is 70.1 Å². The number of hydrogen-bond donors (Lipinski definition) is 0. The lowest BCUT2D eigenvalue weighted by molar-refractivity contribution is 0.215. The minimum absolute atomic E-state index is 0. The lowest BCUT2D eigenvalue weighted by atomic mass is 10.2. The van der Waals surface area contributed by atoms with Gasteiger partial charge in [-0.25, -0.2) is 0 Å². The minimum Gasteiger partial charge on any atom is -0.342 e. The third-order valence-electron chi connectivity index (χ3n) is 4.17. The second kappa shape index (κ2) is 5.92. The first kappa shape index (κ1) is 14.2. The number of aromatic nitrogens is 1. The van der Waals surface area contributed by atoms with Crippen molar-refractivity contribution in [3.05, 3.63) is 71.9 Å². The maximum atomic E-state index is 2.53. The molecule has 4 rings (SSSR count). The molecule has 21 heavy (non-hydrogen) atoms. The van der Waals surface area contributed by atoms with Crippen LogP contribution in [0.15, 0.2) is 60.7 Å². The fourth-order valence-electron chi connectivity index (χ4n) is 3.19. The third kappa shape index (κ3) is 2.69. The molecule has 2 heterocycles. The lowest BCUT2D eigenvalue weighted by Crippen LogP contribution is -2.32. The number of rotatable bonds is 2. The minimum atomic E-state index is 0. The Morgan fingerprint density at radius 3 is 2.48 bits per heavy atom. The summed E-state index contributed by atoms with van der Waals surface area (Å²) >= 11 is 0. The van der Waals surface area contributed by atoms with Crippen LogP contribution >= 0.6 is 12.4 Å². The average Bonchev–Trinajstić information content (AvgIpc) is 2.86. The van der Waals surface area contributed by atoms with E-state index in [1.165, 1.54) is 22.2 Å². The highest BCUT2D eigenvalue weighted by Crippen LogP contribution is 2.24. The molecule has 0 atom stereocenters. The van der Waals surface area contributed by atoms with Gasteiger partial charge in [0.25, 0.3) is 0 Å². The predicted octanol–water partition coefficient (Wildman–Crippen LogP) is 4.08. The smallest absolute Gasteiger partial charge is 0.0483 e. The molecule has 0 spiro atoms. The van der Waals surface area contributed by atoms with Gasteiger partial charge in [-0.1, -0.05) is 48.5 Å². The van der Waals surface area contributed by atoms with Crippen molar-refractivity contribution in [2.45, 2.75) is 19.6 Å². The lowest BCUT2D eigenvalue weighted by Gasteiger charge is -2.29. The van der Waals surface area contributed by atoms with E-state index in [-0.39, 0.29) is 12.4 Å². The molecule has 0 amide bonds. The molecule has 2 nitrogen and oxygen atoms in total. The first-order valence-corrected chi connectivity index (χ1v) is 7.23. The van der Waals surface area contributed by atoms with E-state index in [4.69, 9.17) is 0 Å². The molecular weight excluding hydrogens is 280 g/mol. The molecule has 1 aliphatic rings. The van der Waals surface area contributed by atoms with Crippen molar-refractivity contribution in [3.63, 3.8) is 0 Å². The van der Waals surface area contributed by atoms with Crippen LogP contribution in [-0.2, 0) is 19.6 Å². The first-order chi connectivity index (χ1) is 9.90. The normalized spacial score (nSPS) is 14.7. The number of para-hydroxylation sites is 1. The molecule has 0 fully saturated rings. The van der Waals surface area contributed by atoms with Crippen molar-refractivity contribution in [2.24, 2.45) is 0 Å². The molecule has 0 saturated heterocycles. The molecule has 0 aliphatic carbocycles. The maximum Gasteiger partial charge on any atom is 0.0483 e. The van der Waals surface area contributed by atoms with Gasteiger partial charge < -0.3 is 4.57 Å². The maximum absolute atomic E-state index is 2.53. The standard InChI is InChI=1S/C18H18N2.ClH/c1-2-6-15(7-3-1)13-19-10-11-20-17(14-19)12-16-8-4-5-9-18(16)20;/h1-9,12H,10-11,13-14H2;1H. The molecule has 0 radical (unpaired) electrons. The van der Waals surface area contributed by atoms with Crippen LogP contribution in [0.4, 0.5) is 0 Å². The van der Waals surface area contributed by atoms with Crippen LogP contribution in [-0.4, -0.2) is 16.0 Å². The van der Waals surface area contributed by atoms with Gasteiger partial charge in [-0.3, -0.25) is 4.90 Å².